The summed E-state index contributed by atoms with van der Waals surface area (Å²) in [5.41, 5.74) is 5.61. The number of para-hydroxylation sites is 1. The molecule has 4 aromatic rings. The number of nitrogens with zero attached hydrogens (tertiary/aromatic N) is 1. The second-order valence-electron chi connectivity index (χ2n) is 8.67. The van der Waals surface area contributed by atoms with Gasteiger partial charge in [0.1, 0.15) is 11.6 Å². The van der Waals surface area contributed by atoms with Crippen LogP contribution in [-0.2, 0) is 30.7 Å². The largest absolute Gasteiger partial charge is 0.497 e. The quantitative estimate of drug-likeness (QED) is 0.443. The Hall–Kier alpha value is -3.60. The lowest BCUT2D eigenvalue weighted by atomic mass is 9.85. The number of methoxy groups -OCH3 is 1. The molecule has 0 bridgehead atoms. The van der Waals surface area contributed by atoms with Crippen molar-refractivity contribution < 1.29 is 13.9 Å². The standard InChI is InChI=1S/C28H27FN2O2/c1-33-23-9-5-6-19(15-23)17-30-28(32)21-12-13-27-25(16-21)24-10-2-3-11-26(24)31(27)18-20-7-4-8-22(29)14-20/h2-11,14-15,21H,12-13,16-18H2,1H3,(H,30,32). The lowest BCUT2D eigenvalue weighted by Gasteiger charge is -2.23. The van der Waals surface area contributed by atoms with Gasteiger partial charge in [0.2, 0.25) is 5.91 Å². The molecule has 1 aliphatic rings. The third-order valence-corrected chi connectivity index (χ3v) is 6.58. The van der Waals surface area contributed by atoms with Crippen molar-refractivity contribution in [1.82, 2.24) is 9.88 Å². The van der Waals surface area contributed by atoms with Crippen LogP contribution in [0.15, 0.2) is 72.8 Å². The topological polar surface area (TPSA) is 43.3 Å². The molecule has 33 heavy (non-hydrogen) atoms. The van der Waals surface area contributed by atoms with Gasteiger partial charge in [-0.2, -0.15) is 0 Å². The Morgan fingerprint density at radius 2 is 1.88 bits per heavy atom. The molecule has 1 atom stereocenters. The first kappa shape index (κ1) is 21.3. The molecule has 1 amide bonds. The lowest BCUT2D eigenvalue weighted by Crippen LogP contribution is -2.34. The van der Waals surface area contributed by atoms with Gasteiger partial charge in [0, 0.05) is 35.6 Å². The Balaban J connectivity index is 1.37. The second kappa shape index (κ2) is 9.10. The lowest BCUT2D eigenvalue weighted by molar-refractivity contribution is -0.125. The first-order valence-electron chi connectivity index (χ1n) is 11.4. The SMILES string of the molecule is COc1cccc(CNC(=O)C2CCc3c(c4ccccc4n3Cc3cccc(F)c3)C2)c1. The molecule has 1 aromatic heterocycles. The van der Waals surface area contributed by atoms with E-state index in [0.717, 1.165) is 41.7 Å². The van der Waals surface area contributed by atoms with Crippen molar-refractivity contribution in [3.8, 4) is 5.75 Å². The average molecular weight is 443 g/mol. The highest BCUT2D eigenvalue weighted by Gasteiger charge is 2.29. The summed E-state index contributed by atoms with van der Waals surface area (Å²) in [6.45, 7) is 1.11. The van der Waals surface area contributed by atoms with E-state index in [2.05, 4.69) is 22.0 Å². The number of carbonyl (C=O) groups is 1. The van der Waals surface area contributed by atoms with E-state index in [-0.39, 0.29) is 17.6 Å². The fourth-order valence-electron chi connectivity index (χ4n) is 4.94. The molecular formula is C28H27FN2O2. The van der Waals surface area contributed by atoms with Crippen LogP contribution in [-0.4, -0.2) is 17.6 Å². The van der Waals surface area contributed by atoms with Gasteiger partial charge in [-0.1, -0.05) is 42.5 Å². The molecule has 1 heterocycles. The van der Waals surface area contributed by atoms with Crippen molar-refractivity contribution in [2.45, 2.75) is 32.4 Å². The Labute approximate surface area is 193 Å². The number of aromatic nitrogens is 1. The van der Waals surface area contributed by atoms with Crippen molar-refractivity contribution in [1.29, 1.82) is 0 Å². The van der Waals surface area contributed by atoms with Gasteiger partial charge >= 0.3 is 0 Å². The summed E-state index contributed by atoms with van der Waals surface area (Å²) in [5, 5.41) is 4.30. The monoisotopic (exact) mass is 442 g/mol. The zero-order valence-electron chi connectivity index (χ0n) is 18.7. The fourth-order valence-corrected chi connectivity index (χ4v) is 4.94. The molecule has 1 aliphatic carbocycles. The van der Waals surface area contributed by atoms with Gasteiger partial charge in [0.25, 0.3) is 0 Å². The molecular weight excluding hydrogens is 415 g/mol. The fraction of sp³-hybridized carbons (Fsp3) is 0.250. The third kappa shape index (κ3) is 4.36. The molecule has 0 fully saturated rings. The van der Waals surface area contributed by atoms with E-state index in [0.29, 0.717) is 13.1 Å². The first-order valence-corrected chi connectivity index (χ1v) is 11.4. The summed E-state index contributed by atoms with van der Waals surface area (Å²) in [4.78, 5) is 13.0. The minimum absolute atomic E-state index is 0.0588. The maximum Gasteiger partial charge on any atom is 0.223 e. The van der Waals surface area contributed by atoms with E-state index in [4.69, 9.17) is 4.74 Å². The van der Waals surface area contributed by atoms with E-state index in [1.165, 1.54) is 22.7 Å². The normalized spacial score (nSPS) is 15.3. The second-order valence-corrected chi connectivity index (χ2v) is 8.67. The molecule has 0 radical (unpaired) electrons. The van der Waals surface area contributed by atoms with Crippen molar-refractivity contribution in [3.05, 3.63) is 101 Å². The molecule has 1 N–H and O–H groups in total. The Kier molecular flexibility index (Phi) is 5.86. The number of nitrogens with one attached hydrogen (secondary N) is 1. The molecule has 0 saturated heterocycles. The van der Waals surface area contributed by atoms with Crippen molar-refractivity contribution >= 4 is 16.8 Å². The van der Waals surface area contributed by atoms with Gasteiger partial charge in [0.15, 0.2) is 0 Å². The van der Waals surface area contributed by atoms with Crippen molar-refractivity contribution in [3.63, 3.8) is 0 Å². The predicted octanol–water partition coefficient (Wildman–Crippen LogP) is 5.26. The van der Waals surface area contributed by atoms with E-state index < -0.39 is 0 Å². The van der Waals surface area contributed by atoms with Crippen molar-refractivity contribution in [2.24, 2.45) is 5.92 Å². The van der Waals surface area contributed by atoms with Crippen LogP contribution in [0.3, 0.4) is 0 Å². The number of benzene rings is 3. The number of hydrogen-bond donors (Lipinski definition) is 1. The predicted molar refractivity (Wildman–Crippen MR) is 128 cm³/mol. The van der Waals surface area contributed by atoms with Gasteiger partial charge < -0.3 is 14.6 Å². The van der Waals surface area contributed by atoms with Gasteiger partial charge in [-0.05, 0) is 66.3 Å². The molecule has 168 valence electrons. The first-order chi connectivity index (χ1) is 16.1. The Morgan fingerprint density at radius 3 is 2.73 bits per heavy atom. The van der Waals surface area contributed by atoms with E-state index in [1.807, 2.05) is 42.5 Å². The average Bonchev–Trinajstić information content (AvgIpc) is 3.15. The molecule has 4 nitrogen and oxygen atoms in total. The smallest absolute Gasteiger partial charge is 0.223 e. The third-order valence-electron chi connectivity index (χ3n) is 6.58. The van der Waals surface area contributed by atoms with Crippen LogP contribution in [0.5, 0.6) is 5.75 Å². The van der Waals surface area contributed by atoms with Crippen LogP contribution >= 0.6 is 0 Å². The number of ether oxygens (including phenoxy) is 1. The number of halogens is 1. The highest BCUT2D eigenvalue weighted by molar-refractivity contribution is 5.88. The van der Waals surface area contributed by atoms with Crippen molar-refractivity contribution in [2.75, 3.05) is 7.11 Å². The highest BCUT2D eigenvalue weighted by Crippen LogP contribution is 2.35. The zero-order chi connectivity index (χ0) is 22.8. The number of amides is 1. The molecule has 3 aromatic carbocycles. The van der Waals surface area contributed by atoms with Gasteiger partial charge in [-0.15, -0.1) is 0 Å². The maximum atomic E-state index is 13.8. The molecule has 0 spiro atoms. The van der Waals surface area contributed by atoms with Crippen LogP contribution in [0.1, 0.15) is 28.8 Å². The molecule has 1 unspecified atom stereocenters. The van der Waals surface area contributed by atoms with Crippen LogP contribution in [0.25, 0.3) is 10.9 Å². The van der Waals surface area contributed by atoms with Crippen LogP contribution < -0.4 is 10.1 Å². The van der Waals surface area contributed by atoms with Crippen LogP contribution in [0.4, 0.5) is 4.39 Å². The highest BCUT2D eigenvalue weighted by atomic mass is 19.1. The van der Waals surface area contributed by atoms with Gasteiger partial charge in [-0.25, -0.2) is 4.39 Å². The van der Waals surface area contributed by atoms with Gasteiger partial charge in [-0.3, -0.25) is 4.79 Å². The number of rotatable bonds is 6. The summed E-state index contributed by atoms with van der Waals surface area (Å²) in [6.07, 6.45) is 2.35. The van der Waals surface area contributed by atoms with E-state index in [9.17, 15) is 9.18 Å². The molecule has 0 saturated carbocycles. The summed E-state index contributed by atoms with van der Waals surface area (Å²) < 4.78 is 21.3. The number of carbonyl (C=O) groups excluding carboxylic acids is 1. The Bertz CT molecular complexity index is 1310. The molecule has 5 heteroatoms. The van der Waals surface area contributed by atoms with Gasteiger partial charge in [0.05, 0.1) is 7.11 Å². The minimum Gasteiger partial charge on any atom is -0.497 e. The van der Waals surface area contributed by atoms with E-state index >= 15 is 0 Å². The molecule has 5 rings (SSSR count). The zero-order valence-corrected chi connectivity index (χ0v) is 18.7. The summed E-state index contributed by atoms with van der Waals surface area (Å²) in [6, 6.07) is 22.9. The Morgan fingerprint density at radius 1 is 1.06 bits per heavy atom. The minimum atomic E-state index is -0.217. The number of fused-ring (bicyclic) bond motifs is 3. The summed E-state index contributed by atoms with van der Waals surface area (Å²) >= 11 is 0. The molecule has 0 aliphatic heterocycles. The number of hydrogen-bond acceptors (Lipinski definition) is 2. The van der Waals surface area contributed by atoms with Crippen LogP contribution in [0, 0.1) is 11.7 Å². The van der Waals surface area contributed by atoms with E-state index in [1.54, 1.807) is 19.2 Å². The summed E-state index contributed by atoms with van der Waals surface area (Å²) in [5.74, 6) is 0.600. The van der Waals surface area contributed by atoms with Crippen LogP contribution in [0.2, 0.25) is 0 Å². The maximum absolute atomic E-state index is 13.8. The summed E-state index contributed by atoms with van der Waals surface area (Å²) in [7, 11) is 1.64.